The predicted octanol–water partition coefficient (Wildman–Crippen LogP) is -1.44. The van der Waals surface area contributed by atoms with E-state index in [0.717, 1.165) is 108 Å². The van der Waals surface area contributed by atoms with Gasteiger partial charge in [0.15, 0.2) is 0 Å². The van der Waals surface area contributed by atoms with E-state index in [0.29, 0.717) is 29.4 Å². The van der Waals surface area contributed by atoms with Gasteiger partial charge in [0, 0.05) is 86.3 Å². The smallest absolute Gasteiger partial charge is 0.326 e. The lowest BCUT2D eigenvalue weighted by Crippen LogP contribution is -2.61. The molecule has 0 spiro atoms. The van der Waals surface area contributed by atoms with Crippen LogP contribution in [0.3, 0.4) is 0 Å². The van der Waals surface area contributed by atoms with Gasteiger partial charge in [-0.2, -0.15) is 0 Å². The fourth-order valence-corrected chi connectivity index (χ4v) is 19.7. The first-order valence-electron chi connectivity index (χ1n) is 41.6. The Morgan fingerprint density at radius 1 is 0.559 bits per heavy atom. The van der Waals surface area contributed by atoms with Gasteiger partial charge in [0.2, 0.25) is 94.5 Å². The van der Waals surface area contributed by atoms with Gasteiger partial charge in [-0.1, -0.05) is 126 Å². The summed E-state index contributed by atoms with van der Waals surface area (Å²) < 4.78 is 0. The number of carbonyl (C=O) groups excluding carboxylic acids is 16. The molecule has 5 rings (SSSR count). The third-order valence-corrected chi connectivity index (χ3v) is 28.5. The van der Waals surface area contributed by atoms with Gasteiger partial charge in [0.25, 0.3) is 0 Å². The lowest BCUT2D eigenvalue weighted by molar-refractivity contribution is -0.143. The molecule has 1 unspecified atom stereocenters. The number of nitrogens with two attached hydrogens (primary N) is 1. The Morgan fingerprint density at radius 2 is 1.02 bits per heavy atom. The zero-order chi connectivity index (χ0) is 95.0. The van der Waals surface area contributed by atoms with Crippen LogP contribution in [0, 0.1) is 24.7 Å². The number of hydrogen-bond acceptors (Lipinski definition) is 30. The molecule has 13 atom stereocenters. The number of aliphatic carboxylic acids is 2. The third-order valence-electron chi connectivity index (χ3n) is 21.0. The average molecular weight is 1900 g/mol. The highest BCUT2D eigenvalue weighted by Gasteiger charge is 2.42. The Labute approximate surface area is 762 Å². The van der Waals surface area contributed by atoms with Gasteiger partial charge in [0.1, 0.15) is 72.5 Å². The van der Waals surface area contributed by atoms with E-state index < -0.39 is 221 Å². The van der Waals surface area contributed by atoms with Crippen molar-refractivity contribution in [3.63, 3.8) is 0 Å². The summed E-state index contributed by atoms with van der Waals surface area (Å²) >= 11 is 0. The van der Waals surface area contributed by atoms with Gasteiger partial charge in [-0.25, -0.2) is 4.79 Å². The van der Waals surface area contributed by atoms with Crippen LogP contribution in [-0.4, -0.2) is 301 Å². The molecule has 1 aromatic rings. The Bertz CT molecular complexity index is 4020. The zero-order valence-electron chi connectivity index (χ0n) is 73.7. The number of nitrogens with zero attached hydrogens (tertiary/aromatic N) is 3. The summed E-state index contributed by atoms with van der Waals surface area (Å²) in [5, 5.41) is 87.3. The van der Waals surface area contributed by atoms with Crippen molar-refractivity contribution in [2.24, 2.45) is 33.8 Å². The second kappa shape index (κ2) is 55.5. The quantitative estimate of drug-likeness (QED) is 0.0150. The number of primary amides is 1. The molecule has 4 heterocycles. The van der Waals surface area contributed by atoms with Crippen LogP contribution in [0.2, 0.25) is 0 Å². The molecule has 16 amide bonds. The molecule has 127 heavy (non-hydrogen) atoms. The number of carbonyl (C=O) groups is 18. The molecule has 4 aliphatic heterocycles. The number of benzene rings is 1. The van der Waals surface area contributed by atoms with Gasteiger partial charge >= 0.3 is 11.9 Å². The van der Waals surface area contributed by atoms with Crippen molar-refractivity contribution in [3.8, 4) is 0 Å². The minimum atomic E-state index is -1.77. The molecule has 0 radical (unpaired) electrons. The van der Waals surface area contributed by atoms with E-state index in [9.17, 15) is 96.5 Å². The summed E-state index contributed by atoms with van der Waals surface area (Å²) in [6.07, 6.45) is 0.826. The summed E-state index contributed by atoms with van der Waals surface area (Å²) in [6, 6.07) is -12.0. The second-order valence-electron chi connectivity index (χ2n) is 32.6. The van der Waals surface area contributed by atoms with Gasteiger partial charge in [-0.3, -0.25) is 81.5 Å². The minimum Gasteiger partial charge on any atom is -0.481 e. The van der Waals surface area contributed by atoms with Crippen LogP contribution in [0.25, 0.3) is 0 Å². The highest BCUT2D eigenvalue weighted by molar-refractivity contribution is 8.77. The van der Waals surface area contributed by atoms with Crippen LogP contribution < -0.4 is 90.8 Å². The predicted molar refractivity (Wildman–Crippen MR) is 485 cm³/mol. The molecule has 0 saturated carbocycles. The van der Waals surface area contributed by atoms with Crippen LogP contribution in [0.15, 0.2) is 34.6 Å². The largest absolute Gasteiger partial charge is 0.481 e. The SMILES string of the molecule is CNC(=O)CCC(=O)NCCC(CCNC(C)(C)/C(C)=N\O)CCNC(C)(C)/C(C)=N\O.Cc1ccc(C[C@H](NC(=O)[C@@H]2CSSC[C@@H]3NC(=O)C(CC(C)C)NC(=O)[C@H](CCC(=O)O)NC(=O)[C@@H]4CSSC[C@H](NC(=O)[C@H](C)NC(=O)[C@@H]5CCCN5C(=O)[C@H](CC(N)=O)NC(=O)[C@H](CSSC[C@H](C)C(=O)N4)NC3=O)C(=O)N[C@@H](C)C(=O)NCC(=O)N2)C(=O)O)cc1. The number of carboxylic acids is 2. The third kappa shape index (κ3) is 39.6. The lowest BCUT2D eigenvalue weighted by Gasteiger charge is -2.30. The molecule has 4 saturated heterocycles. The summed E-state index contributed by atoms with van der Waals surface area (Å²) in [4.78, 5) is 248. The molecule has 0 aliphatic carbocycles. The van der Waals surface area contributed by atoms with Crippen molar-refractivity contribution >= 4 is 183 Å². The van der Waals surface area contributed by atoms with E-state index in [1.54, 1.807) is 59.0 Å². The molecule has 22 N–H and O–H groups in total. The van der Waals surface area contributed by atoms with Crippen molar-refractivity contribution in [2.75, 3.05) is 74.3 Å². The van der Waals surface area contributed by atoms with E-state index in [1.807, 2.05) is 34.6 Å². The number of fused-ring (bicyclic) bond motifs is 20. The number of oxime groups is 2. The molecule has 4 fully saturated rings. The standard InChI is InChI=1S/C57H82N14O18S6.C22H44N6O4/c1-26(2)16-33-49(80)69-40-25-95-92-21-36(51(82)66-35(57(88)89)17-31-11-9-27(3)10-12-31)62-43(73)19-59-46(77)29(5)60-50(81)37-22-93-94-23-38(52(83)63-32(48(79)64-33)13-14-44(74)75)67-45(76)28(4)20-90-91-24-39(70-54(40)85)53(84)65-34(18-42(58)72)56(87)71-15-7-8-41(71)55(86)61-30(6)47(78)68-37;1-16(27-31)21(3,4)25-14-11-18(12-15-26-22(5,6)17(2)28-32)10-13-24-20(30)9-8-19(29)23-7/h9-12,26,28-30,32-41H,7-8,13-25H2,1-6H3,(H2,58,72)(H,59,77)(H,60,81)(H,61,86)(H,62,73)(H,63,83)(H,64,79)(H,65,84)(H,66,82)(H,67,76)(H,68,78)(H,69,80)(H,70,85)(H,74,75)(H,88,89);18,25-26,31-32H,8-15H2,1-7H3,(H,23,29)(H,24,30)/b;27-16-,28-17-/t28-,29-,30-,32-,33?,34-,35-,36-,37-,38-,39-,40-,41-;/m0./s1. The molecule has 48 heteroatoms. The van der Waals surface area contributed by atoms with Crippen LogP contribution in [0.1, 0.15) is 158 Å². The minimum absolute atomic E-state index is 0.0296. The van der Waals surface area contributed by atoms with Crippen molar-refractivity contribution in [3.05, 3.63) is 35.4 Å². The number of nitrogens with one attached hydrogen (secondary N) is 16. The Hall–Kier alpha value is -9.36. The van der Waals surface area contributed by atoms with Crippen LogP contribution in [-0.2, 0) is 92.7 Å². The van der Waals surface area contributed by atoms with Crippen molar-refractivity contribution in [2.45, 2.75) is 244 Å². The molecule has 4 bridgehead atoms. The average Bonchev–Trinajstić information content (AvgIpc) is 1.61. The van der Waals surface area contributed by atoms with Gasteiger partial charge in [-0.05, 0) is 138 Å². The van der Waals surface area contributed by atoms with Crippen molar-refractivity contribution in [1.82, 2.24) is 90.0 Å². The lowest BCUT2D eigenvalue weighted by atomic mass is 9.94. The van der Waals surface area contributed by atoms with E-state index in [1.165, 1.54) is 20.8 Å². The Kier molecular flexibility index (Phi) is 48.1. The van der Waals surface area contributed by atoms with E-state index >= 15 is 0 Å². The van der Waals surface area contributed by atoms with Gasteiger partial charge < -0.3 is 116 Å². The molecular weight excluding hydrogens is 1770 g/mol. The maximum atomic E-state index is 15.0. The monoisotopic (exact) mass is 1900 g/mol. The molecular formula is C79H126N20O22S6. The summed E-state index contributed by atoms with van der Waals surface area (Å²) in [7, 11) is 7.01. The number of hydrogen-bond donors (Lipinski definition) is 21. The Morgan fingerprint density at radius 3 is 1.55 bits per heavy atom. The highest BCUT2D eigenvalue weighted by Crippen LogP contribution is 2.29. The topological polar surface area (TPSA) is 635 Å². The van der Waals surface area contributed by atoms with Crippen LogP contribution in [0.5, 0.6) is 0 Å². The Balaban J connectivity index is 0.000000889. The molecule has 42 nitrogen and oxygen atoms in total. The van der Waals surface area contributed by atoms with E-state index in [2.05, 4.69) is 95.4 Å². The number of aryl methyl sites for hydroxylation is 1. The first-order valence-corrected chi connectivity index (χ1v) is 49.0. The molecule has 0 aromatic heterocycles. The molecule has 4 aliphatic rings. The maximum Gasteiger partial charge on any atom is 0.326 e. The number of rotatable bonds is 28. The van der Waals surface area contributed by atoms with E-state index in [4.69, 9.17) is 16.1 Å². The summed E-state index contributed by atoms with van der Waals surface area (Å²) in [6.45, 7) is 21.7. The summed E-state index contributed by atoms with van der Waals surface area (Å²) in [5.74, 6) is -19.6. The van der Waals surface area contributed by atoms with Crippen molar-refractivity contribution < 1.29 is 107 Å². The maximum absolute atomic E-state index is 15.0. The fourth-order valence-electron chi connectivity index (χ4n) is 12.6. The normalized spacial score (nSPS) is 24.4. The highest BCUT2D eigenvalue weighted by atomic mass is 33.1. The fraction of sp³-hybridized carbons (Fsp3) is 0.671. The first-order chi connectivity index (χ1) is 59.8. The first kappa shape index (κ1) is 110. The zero-order valence-corrected chi connectivity index (χ0v) is 78.6. The molecule has 1 aromatic carbocycles. The van der Waals surface area contributed by atoms with Crippen LogP contribution in [0.4, 0.5) is 0 Å². The van der Waals surface area contributed by atoms with Crippen LogP contribution >= 0.6 is 64.8 Å². The second-order valence-corrected chi connectivity index (χ2v) is 40.2. The summed E-state index contributed by atoms with van der Waals surface area (Å²) in [5.41, 5.74) is 7.45. The number of carboxylic acid groups (broad SMARTS) is 2. The van der Waals surface area contributed by atoms with Crippen molar-refractivity contribution in [1.29, 1.82) is 0 Å². The van der Waals surface area contributed by atoms with Gasteiger partial charge in [-0.15, -0.1) is 0 Å². The van der Waals surface area contributed by atoms with E-state index in [-0.39, 0.29) is 85.8 Å². The number of amides is 16. The van der Waals surface area contributed by atoms with Gasteiger partial charge in [0.05, 0.1) is 35.5 Å². The molecule has 710 valence electrons.